The van der Waals surface area contributed by atoms with Crippen LogP contribution in [0.3, 0.4) is 0 Å². The van der Waals surface area contributed by atoms with Crippen molar-refractivity contribution in [3.05, 3.63) is 23.8 Å². The minimum atomic E-state index is -0.444. The van der Waals surface area contributed by atoms with E-state index in [-0.39, 0.29) is 0 Å². The molecule has 0 saturated carbocycles. The van der Waals surface area contributed by atoms with Gasteiger partial charge in [-0.05, 0) is 31.0 Å². The lowest BCUT2D eigenvalue weighted by Gasteiger charge is -2.21. The summed E-state index contributed by atoms with van der Waals surface area (Å²) in [5.41, 5.74) is 12.9. The van der Waals surface area contributed by atoms with E-state index in [1.165, 1.54) is 12.8 Å². The van der Waals surface area contributed by atoms with Gasteiger partial charge in [0.15, 0.2) is 0 Å². The second-order valence-electron chi connectivity index (χ2n) is 4.94. The maximum Gasteiger partial charge on any atom is 0.250 e. The van der Waals surface area contributed by atoms with Crippen molar-refractivity contribution in [2.75, 3.05) is 11.1 Å². The summed E-state index contributed by atoms with van der Waals surface area (Å²) >= 11 is 0. The van der Waals surface area contributed by atoms with Gasteiger partial charge < -0.3 is 16.8 Å². The van der Waals surface area contributed by atoms with Crippen LogP contribution < -0.4 is 16.8 Å². The van der Waals surface area contributed by atoms with Gasteiger partial charge >= 0.3 is 0 Å². The first kappa shape index (κ1) is 15.3. The van der Waals surface area contributed by atoms with Crippen molar-refractivity contribution < 1.29 is 4.79 Å². The lowest BCUT2D eigenvalue weighted by molar-refractivity contribution is 0.100. The first-order valence-corrected chi connectivity index (χ1v) is 7.04. The van der Waals surface area contributed by atoms with Crippen LogP contribution in [0.4, 0.5) is 11.4 Å². The second-order valence-corrected chi connectivity index (χ2v) is 4.94. The molecule has 1 rings (SSSR count). The van der Waals surface area contributed by atoms with Crippen LogP contribution in [-0.2, 0) is 0 Å². The molecule has 0 saturated heterocycles. The number of nitrogens with two attached hydrogens (primary N) is 2. The Labute approximate surface area is 115 Å². The van der Waals surface area contributed by atoms with Gasteiger partial charge in [-0.3, -0.25) is 4.79 Å². The third-order valence-electron chi connectivity index (χ3n) is 3.21. The minimum absolute atomic E-state index is 0.381. The first-order chi connectivity index (χ1) is 9.08. The Kier molecular flexibility index (Phi) is 6.19. The Morgan fingerprint density at radius 2 is 2.00 bits per heavy atom. The summed E-state index contributed by atoms with van der Waals surface area (Å²) < 4.78 is 0. The van der Waals surface area contributed by atoms with Crippen LogP contribution in [-0.4, -0.2) is 11.9 Å². The molecular weight excluding hydrogens is 238 g/mol. The highest BCUT2D eigenvalue weighted by atomic mass is 16.1. The summed E-state index contributed by atoms with van der Waals surface area (Å²) in [6.07, 6.45) is 5.66. The molecule has 19 heavy (non-hydrogen) atoms. The first-order valence-electron chi connectivity index (χ1n) is 7.04. The van der Waals surface area contributed by atoms with E-state index in [4.69, 9.17) is 11.5 Å². The summed E-state index contributed by atoms with van der Waals surface area (Å²) in [6, 6.07) is 5.64. The number of nitrogen functional groups attached to an aromatic ring is 1. The van der Waals surface area contributed by atoms with E-state index in [0.29, 0.717) is 17.3 Å². The highest BCUT2D eigenvalue weighted by Crippen LogP contribution is 2.21. The SMILES string of the molecule is CCCCC(CCC)Nc1ccc(N)cc1C(N)=O. The molecule has 0 spiro atoms. The maximum absolute atomic E-state index is 11.5. The molecule has 1 atom stereocenters. The zero-order valence-corrected chi connectivity index (χ0v) is 11.9. The molecular formula is C15H25N3O. The van der Waals surface area contributed by atoms with Crippen molar-refractivity contribution in [2.45, 2.75) is 52.0 Å². The smallest absolute Gasteiger partial charge is 0.250 e. The van der Waals surface area contributed by atoms with E-state index in [0.717, 1.165) is 24.9 Å². The molecule has 4 heteroatoms. The average Bonchev–Trinajstić information content (AvgIpc) is 2.38. The van der Waals surface area contributed by atoms with Crippen LogP contribution in [0.1, 0.15) is 56.3 Å². The molecule has 0 heterocycles. The number of unbranched alkanes of at least 4 members (excludes halogenated alkanes) is 1. The topological polar surface area (TPSA) is 81.1 Å². The lowest BCUT2D eigenvalue weighted by Crippen LogP contribution is -2.22. The van der Waals surface area contributed by atoms with Gasteiger partial charge in [0.2, 0.25) is 0 Å². The Balaban J connectivity index is 2.85. The zero-order valence-electron chi connectivity index (χ0n) is 11.9. The van der Waals surface area contributed by atoms with Crippen molar-refractivity contribution in [2.24, 2.45) is 5.73 Å². The second kappa shape index (κ2) is 7.67. The number of carbonyl (C=O) groups is 1. The number of amides is 1. The predicted molar refractivity (Wildman–Crippen MR) is 81.2 cm³/mol. The third kappa shape index (κ3) is 4.81. The zero-order chi connectivity index (χ0) is 14.3. The van der Waals surface area contributed by atoms with Gasteiger partial charge in [0.05, 0.1) is 5.56 Å². The fourth-order valence-corrected chi connectivity index (χ4v) is 2.20. The number of rotatable bonds is 8. The molecule has 1 aromatic carbocycles. The molecule has 1 amide bonds. The molecule has 5 N–H and O–H groups in total. The number of primary amides is 1. The van der Waals surface area contributed by atoms with E-state index in [1.807, 2.05) is 6.07 Å². The standard InChI is InChI=1S/C15H25N3O/c1-3-5-7-12(6-4-2)18-14-9-8-11(16)10-13(14)15(17)19/h8-10,12,18H,3-7,16H2,1-2H3,(H2,17,19). The van der Waals surface area contributed by atoms with Crippen LogP contribution in [0.25, 0.3) is 0 Å². The van der Waals surface area contributed by atoms with Crippen LogP contribution in [0.2, 0.25) is 0 Å². The van der Waals surface area contributed by atoms with Crippen molar-refractivity contribution in [1.29, 1.82) is 0 Å². The summed E-state index contributed by atoms with van der Waals surface area (Å²) in [5, 5.41) is 3.44. The highest BCUT2D eigenvalue weighted by Gasteiger charge is 2.13. The molecule has 1 aromatic rings. The molecule has 0 bridgehead atoms. The van der Waals surface area contributed by atoms with Crippen molar-refractivity contribution >= 4 is 17.3 Å². The third-order valence-corrected chi connectivity index (χ3v) is 3.21. The quantitative estimate of drug-likeness (QED) is 0.630. The fourth-order valence-electron chi connectivity index (χ4n) is 2.20. The van der Waals surface area contributed by atoms with E-state index < -0.39 is 5.91 Å². The number of anilines is 2. The van der Waals surface area contributed by atoms with E-state index in [1.54, 1.807) is 12.1 Å². The van der Waals surface area contributed by atoms with Crippen molar-refractivity contribution in [1.82, 2.24) is 0 Å². The fraction of sp³-hybridized carbons (Fsp3) is 0.533. The van der Waals surface area contributed by atoms with Gasteiger partial charge in [-0.25, -0.2) is 0 Å². The molecule has 0 aliphatic heterocycles. The molecule has 0 aliphatic rings. The van der Waals surface area contributed by atoms with Gasteiger partial charge in [-0.15, -0.1) is 0 Å². The van der Waals surface area contributed by atoms with Gasteiger partial charge in [-0.2, -0.15) is 0 Å². The number of hydrogen-bond donors (Lipinski definition) is 3. The van der Waals surface area contributed by atoms with Crippen molar-refractivity contribution in [3.8, 4) is 0 Å². The van der Waals surface area contributed by atoms with Crippen LogP contribution in [0.5, 0.6) is 0 Å². The van der Waals surface area contributed by atoms with E-state index in [2.05, 4.69) is 19.2 Å². The minimum Gasteiger partial charge on any atom is -0.399 e. The van der Waals surface area contributed by atoms with Crippen LogP contribution in [0.15, 0.2) is 18.2 Å². The molecule has 0 aromatic heterocycles. The van der Waals surface area contributed by atoms with Gasteiger partial charge in [0.25, 0.3) is 5.91 Å². The Morgan fingerprint density at radius 1 is 1.26 bits per heavy atom. The molecule has 0 fully saturated rings. The molecule has 106 valence electrons. The summed E-state index contributed by atoms with van der Waals surface area (Å²) in [5.74, 6) is -0.444. The van der Waals surface area contributed by atoms with Gasteiger partial charge in [0, 0.05) is 17.4 Å². The largest absolute Gasteiger partial charge is 0.399 e. The lowest BCUT2D eigenvalue weighted by atomic mass is 10.0. The van der Waals surface area contributed by atoms with Crippen molar-refractivity contribution in [3.63, 3.8) is 0 Å². The van der Waals surface area contributed by atoms with Gasteiger partial charge in [0.1, 0.15) is 0 Å². The number of carbonyl (C=O) groups excluding carboxylic acids is 1. The molecule has 0 radical (unpaired) electrons. The van der Waals surface area contributed by atoms with Crippen LogP contribution in [0, 0.1) is 0 Å². The monoisotopic (exact) mass is 263 g/mol. The summed E-state index contributed by atoms with van der Waals surface area (Å²) in [7, 11) is 0. The number of nitrogens with one attached hydrogen (secondary N) is 1. The number of hydrogen-bond acceptors (Lipinski definition) is 3. The average molecular weight is 263 g/mol. The van der Waals surface area contributed by atoms with Gasteiger partial charge in [-0.1, -0.05) is 33.1 Å². The van der Waals surface area contributed by atoms with E-state index >= 15 is 0 Å². The highest BCUT2D eigenvalue weighted by molar-refractivity contribution is 5.99. The summed E-state index contributed by atoms with van der Waals surface area (Å²) in [6.45, 7) is 4.35. The Bertz CT molecular complexity index is 418. The predicted octanol–water partition coefficient (Wildman–Crippen LogP) is 3.14. The number of benzene rings is 1. The normalized spacial score (nSPS) is 12.1. The summed E-state index contributed by atoms with van der Waals surface area (Å²) in [4.78, 5) is 11.5. The van der Waals surface area contributed by atoms with E-state index in [9.17, 15) is 4.79 Å². The molecule has 4 nitrogen and oxygen atoms in total. The maximum atomic E-state index is 11.5. The van der Waals surface area contributed by atoms with Crippen LogP contribution >= 0.6 is 0 Å². The molecule has 1 unspecified atom stereocenters. The molecule has 0 aliphatic carbocycles. The Morgan fingerprint density at radius 3 is 2.58 bits per heavy atom. The Hall–Kier alpha value is -1.71.